The Bertz CT molecular complexity index is 138. The maximum atomic E-state index is 8.64. The largest absolute Gasteiger partial charge is 0.451 e. The van der Waals surface area contributed by atoms with Crippen LogP contribution in [0.15, 0.2) is 0 Å². The van der Waals surface area contributed by atoms with Crippen LogP contribution < -0.4 is 5.32 Å². The average molecular weight is 199 g/mol. The van der Waals surface area contributed by atoms with Gasteiger partial charge in [-0.15, -0.1) is 0 Å². The summed E-state index contributed by atoms with van der Waals surface area (Å²) in [5.41, 5.74) is 0. The number of nitrogens with one attached hydrogen (secondary N) is 1. The van der Waals surface area contributed by atoms with Gasteiger partial charge in [-0.3, -0.25) is 0 Å². The van der Waals surface area contributed by atoms with E-state index in [1.807, 2.05) is 0 Å². The van der Waals surface area contributed by atoms with Crippen molar-refractivity contribution < 1.29 is 10.0 Å². The van der Waals surface area contributed by atoms with Crippen molar-refractivity contribution >= 4 is 7.12 Å². The molecule has 0 amide bonds. The van der Waals surface area contributed by atoms with Gasteiger partial charge in [0.15, 0.2) is 0 Å². The Hall–Kier alpha value is -0.0551. The zero-order valence-electron chi connectivity index (χ0n) is 8.91. The van der Waals surface area contributed by atoms with Crippen LogP contribution in [0.5, 0.6) is 0 Å². The fraction of sp³-hybridized carbons (Fsp3) is 1.00. The van der Waals surface area contributed by atoms with E-state index in [4.69, 9.17) is 10.0 Å². The Kier molecular flexibility index (Phi) is 6.24. The van der Waals surface area contributed by atoms with Gasteiger partial charge in [0.25, 0.3) is 0 Å². The van der Waals surface area contributed by atoms with E-state index in [2.05, 4.69) is 5.32 Å². The first-order chi connectivity index (χ1) is 6.79. The third-order valence-electron chi connectivity index (χ3n) is 2.93. The van der Waals surface area contributed by atoms with Crippen molar-refractivity contribution in [1.82, 2.24) is 5.32 Å². The summed E-state index contributed by atoms with van der Waals surface area (Å²) in [5, 5.41) is 20.8. The predicted octanol–water partition coefficient (Wildman–Crippen LogP) is 1.16. The maximum Gasteiger partial charge on any atom is 0.451 e. The molecule has 0 bridgehead atoms. The van der Waals surface area contributed by atoms with Gasteiger partial charge in [0.05, 0.1) is 0 Å². The Balaban J connectivity index is 1.87. The van der Waals surface area contributed by atoms with Gasteiger partial charge in [0, 0.05) is 6.04 Å². The Morgan fingerprint density at radius 1 is 1.14 bits per heavy atom. The van der Waals surface area contributed by atoms with Gasteiger partial charge in [-0.1, -0.05) is 25.7 Å². The second kappa shape index (κ2) is 7.26. The molecule has 1 fully saturated rings. The van der Waals surface area contributed by atoms with E-state index in [-0.39, 0.29) is 0 Å². The van der Waals surface area contributed by atoms with Crippen molar-refractivity contribution in [3.8, 4) is 0 Å². The molecule has 14 heavy (non-hydrogen) atoms. The minimum absolute atomic E-state index is 0.526. The van der Waals surface area contributed by atoms with Crippen LogP contribution in [0, 0.1) is 0 Å². The average Bonchev–Trinajstić information content (AvgIpc) is 2.18. The molecule has 0 spiro atoms. The highest BCUT2D eigenvalue weighted by atomic mass is 16.4. The third-order valence-corrected chi connectivity index (χ3v) is 2.93. The highest BCUT2D eigenvalue weighted by Gasteiger charge is 2.11. The first-order valence-electron chi connectivity index (χ1n) is 5.88. The molecule has 0 aliphatic carbocycles. The summed E-state index contributed by atoms with van der Waals surface area (Å²) in [7, 11) is -1.11. The van der Waals surface area contributed by atoms with Gasteiger partial charge in [-0.25, -0.2) is 0 Å². The van der Waals surface area contributed by atoms with Gasteiger partial charge >= 0.3 is 7.12 Å². The molecule has 4 heteroatoms. The van der Waals surface area contributed by atoms with E-state index in [9.17, 15) is 0 Å². The maximum absolute atomic E-state index is 8.64. The van der Waals surface area contributed by atoms with Crippen LogP contribution in [0.3, 0.4) is 0 Å². The molecule has 0 aromatic rings. The van der Waals surface area contributed by atoms with Crippen molar-refractivity contribution in [2.75, 3.05) is 6.54 Å². The van der Waals surface area contributed by atoms with E-state index in [1.165, 1.54) is 38.6 Å². The summed E-state index contributed by atoms with van der Waals surface area (Å²) in [6.07, 6.45) is 9.06. The lowest BCUT2D eigenvalue weighted by Crippen LogP contribution is -2.33. The first-order valence-corrected chi connectivity index (χ1v) is 5.88. The van der Waals surface area contributed by atoms with Crippen molar-refractivity contribution in [3.05, 3.63) is 0 Å². The van der Waals surface area contributed by atoms with Crippen LogP contribution in [0.4, 0.5) is 0 Å². The Labute approximate surface area is 87.0 Å². The van der Waals surface area contributed by atoms with Crippen molar-refractivity contribution in [2.45, 2.75) is 57.3 Å². The molecule has 1 atom stereocenters. The van der Waals surface area contributed by atoms with E-state index in [0.717, 1.165) is 18.9 Å². The summed E-state index contributed by atoms with van der Waals surface area (Å²) >= 11 is 0. The van der Waals surface area contributed by atoms with Crippen LogP contribution >= 0.6 is 0 Å². The Morgan fingerprint density at radius 2 is 2.00 bits per heavy atom. The van der Waals surface area contributed by atoms with Crippen LogP contribution in [-0.2, 0) is 0 Å². The van der Waals surface area contributed by atoms with Gasteiger partial charge in [0.2, 0.25) is 0 Å². The lowest BCUT2D eigenvalue weighted by atomic mass is 9.83. The molecule has 0 unspecified atom stereocenters. The molecular weight excluding hydrogens is 177 g/mol. The Morgan fingerprint density at radius 3 is 2.64 bits per heavy atom. The number of piperidine rings is 1. The summed E-state index contributed by atoms with van der Waals surface area (Å²) in [6.45, 7) is 1.18. The quantitative estimate of drug-likeness (QED) is 0.444. The fourth-order valence-corrected chi connectivity index (χ4v) is 2.06. The smallest absolute Gasteiger partial charge is 0.427 e. The van der Waals surface area contributed by atoms with Crippen molar-refractivity contribution in [2.24, 2.45) is 0 Å². The van der Waals surface area contributed by atoms with Crippen molar-refractivity contribution in [3.63, 3.8) is 0 Å². The number of unbranched alkanes of at least 4 members (excludes halogenated alkanes) is 2. The van der Waals surface area contributed by atoms with Gasteiger partial charge in [0.1, 0.15) is 0 Å². The minimum Gasteiger partial charge on any atom is -0.427 e. The van der Waals surface area contributed by atoms with Crippen LogP contribution in [-0.4, -0.2) is 29.8 Å². The van der Waals surface area contributed by atoms with Crippen LogP contribution in [0.25, 0.3) is 0 Å². The second-order valence-electron chi connectivity index (χ2n) is 4.27. The molecule has 0 aromatic carbocycles. The second-order valence-corrected chi connectivity index (χ2v) is 4.27. The highest BCUT2D eigenvalue weighted by molar-refractivity contribution is 6.40. The van der Waals surface area contributed by atoms with E-state index >= 15 is 0 Å². The lowest BCUT2D eigenvalue weighted by molar-refractivity contribution is 0.369. The van der Waals surface area contributed by atoms with Crippen molar-refractivity contribution in [1.29, 1.82) is 0 Å². The SMILES string of the molecule is OB(O)CCCCC[C@@H]1CCCCN1. The molecule has 1 aliphatic rings. The zero-order chi connectivity index (χ0) is 10.2. The van der Waals surface area contributed by atoms with Crippen LogP contribution in [0.2, 0.25) is 6.32 Å². The summed E-state index contributed by atoms with van der Waals surface area (Å²) in [6, 6.07) is 0.725. The van der Waals surface area contributed by atoms with Gasteiger partial charge in [-0.05, 0) is 32.1 Å². The molecule has 0 saturated carbocycles. The molecule has 3 N–H and O–H groups in total. The number of rotatable bonds is 6. The normalized spacial score (nSPS) is 22.3. The summed E-state index contributed by atoms with van der Waals surface area (Å²) < 4.78 is 0. The lowest BCUT2D eigenvalue weighted by Gasteiger charge is -2.23. The topological polar surface area (TPSA) is 52.5 Å². The molecule has 1 aliphatic heterocycles. The molecule has 0 radical (unpaired) electrons. The minimum atomic E-state index is -1.11. The van der Waals surface area contributed by atoms with Gasteiger partial charge < -0.3 is 15.4 Å². The van der Waals surface area contributed by atoms with E-state index in [1.54, 1.807) is 0 Å². The molecule has 1 rings (SSSR count). The zero-order valence-corrected chi connectivity index (χ0v) is 8.91. The third kappa shape index (κ3) is 5.63. The number of hydrogen-bond acceptors (Lipinski definition) is 3. The van der Waals surface area contributed by atoms with Crippen LogP contribution in [0.1, 0.15) is 44.9 Å². The summed E-state index contributed by atoms with van der Waals surface area (Å²) in [4.78, 5) is 0. The molecular formula is C10H22BNO2. The highest BCUT2D eigenvalue weighted by Crippen LogP contribution is 2.14. The van der Waals surface area contributed by atoms with Gasteiger partial charge in [-0.2, -0.15) is 0 Å². The summed E-state index contributed by atoms with van der Waals surface area (Å²) in [5.74, 6) is 0. The fourth-order valence-electron chi connectivity index (χ4n) is 2.06. The molecule has 0 aromatic heterocycles. The molecule has 82 valence electrons. The molecule has 3 nitrogen and oxygen atoms in total. The van der Waals surface area contributed by atoms with E-state index in [0.29, 0.717) is 6.32 Å². The van der Waals surface area contributed by atoms with E-state index < -0.39 is 7.12 Å². The predicted molar refractivity (Wildman–Crippen MR) is 59.1 cm³/mol. The number of hydrogen-bond donors (Lipinski definition) is 3. The first kappa shape index (κ1) is 12.0. The monoisotopic (exact) mass is 199 g/mol. The molecule has 1 saturated heterocycles. The standard InChI is InChI=1S/C10H22BNO2/c13-11(14)8-4-1-2-6-10-7-3-5-9-12-10/h10,12-14H,1-9H2/t10-/m1/s1. The molecule has 1 heterocycles.